The maximum absolute atomic E-state index is 3.40. The standard InChI is InChI=1S/C2H4B2Br4/c1-2(3(5)6)4(7)8/h2H,1H3. The van der Waals surface area contributed by atoms with E-state index in [0.717, 1.165) is 0 Å². The Kier molecular flexibility index (Phi) is 6.03. The largest absolute Gasteiger partial charge is 0.296 e. The highest BCUT2D eigenvalue weighted by molar-refractivity contribution is 9.51. The minimum Gasteiger partial charge on any atom is -0.140 e. The van der Waals surface area contributed by atoms with Gasteiger partial charge in [-0.1, -0.05) is 6.92 Å². The fourth-order valence-corrected chi connectivity index (χ4v) is 2.97. The Morgan fingerprint density at radius 1 is 1.00 bits per heavy atom. The van der Waals surface area contributed by atoms with Gasteiger partial charge in [0.2, 0.25) is 0 Å². The van der Waals surface area contributed by atoms with E-state index < -0.39 is 0 Å². The summed E-state index contributed by atoms with van der Waals surface area (Å²) in [5.41, 5.74) is 0.537. The van der Waals surface area contributed by atoms with Crippen LogP contribution in [-0.2, 0) is 0 Å². The number of hydrogen-bond donors (Lipinski definition) is 0. The molecule has 0 rings (SSSR count). The molecule has 0 saturated heterocycles. The van der Waals surface area contributed by atoms with Gasteiger partial charge in [-0.2, -0.15) is 0 Å². The Bertz CT molecular complexity index is 57.1. The van der Waals surface area contributed by atoms with Crippen LogP contribution in [0.5, 0.6) is 0 Å². The predicted molar refractivity (Wildman–Crippen MR) is 56.6 cm³/mol. The first kappa shape index (κ1) is 10.0. The van der Waals surface area contributed by atoms with E-state index in [0.29, 0.717) is 14.4 Å². The first-order chi connectivity index (χ1) is 3.55. The van der Waals surface area contributed by atoms with Crippen molar-refractivity contribution in [3.05, 3.63) is 0 Å². The van der Waals surface area contributed by atoms with Crippen LogP contribution in [-0.4, -0.2) is 8.72 Å². The fourth-order valence-electron chi connectivity index (χ4n) is 0.110. The Hall–Kier alpha value is 2.05. The molecule has 0 nitrogen and oxygen atoms in total. The zero-order chi connectivity index (χ0) is 6.73. The monoisotopic (exact) mass is 366 g/mol. The van der Waals surface area contributed by atoms with Crippen molar-refractivity contribution in [1.29, 1.82) is 0 Å². The molecule has 0 bridgehead atoms. The Morgan fingerprint density at radius 2 is 1.25 bits per heavy atom. The van der Waals surface area contributed by atoms with Gasteiger partial charge in [-0.15, -0.1) is 63.0 Å². The molecule has 6 heteroatoms. The third kappa shape index (κ3) is 3.96. The molecule has 0 aliphatic rings. The van der Waals surface area contributed by atoms with Crippen LogP contribution in [0.15, 0.2) is 0 Å². The Balaban J connectivity index is 3.46. The molecule has 46 valence electrons. The second kappa shape index (κ2) is 4.80. The van der Waals surface area contributed by atoms with Crippen LogP contribution in [0, 0.1) is 0 Å². The van der Waals surface area contributed by atoms with E-state index in [1.165, 1.54) is 0 Å². The zero-order valence-corrected chi connectivity index (χ0v) is 10.6. The van der Waals surface area contributed by atoms with Crippen LogP contribution >= 0.6 is 63.0 Å². The lowest BCUT2D eigenvalue weighted by Crippen LogP contribution is -2.11. The molecule has 0 radical (unpaired) electrons. The van der Waals surface area contributed by atoms with Gasteiger partial charge in [0.1, 0.15) is 0 Å². The summed E-state index contributed by atoms with van der Waals surface area (Å²) in [7, 11) is 0. The van der Waals surface area contributed by atoms with Crippen molar-refractivity contribution in [3.8, 4) is 0 Å². The topological polar surface area (TPSA) is 0 Å². The molecular weight excluding hydrogens is 365 g/mol. The van der Waals surface area contributed by atoms with Crippen molar-refractivity contribution >= 4 is 71.7 Å². The van der Waals surface area contributed by atoms with E-state index in [-0.39, 0.29) is 0 Å². The van der Waals surface area contributed by atoms with Crippen LogP contribution in [0.2, 0.25) is 5.72 Å². The lowest BCUT2D eigenvalue weighted by Gasteiger charge is -2.06. The summed E-state index contributed by atoms with van der Waals surface area (Å²) >= 11 is 13.6. The van der Waals surface area contributed by atoms with Gasteiger partial charge in [0, 0.05) is 0 Å². The summed E-state index contributed by atoms with van der Waals surface area (Å²) in [6.07, 6.45) is 0. The van der Waals surface area contributed by atoms with E-state index in [1.54, 1.807) is 0 Å². The van der Waals surface area contributed by atoms with Gasteiger partial charge in [-0.3, -0.25) is 0 Å². The third-order valence-corrected chi connectivity index (χ3v) is 4.13. The summed E-state index contributed by atoms with van der Waals surface area (Å²) in [4.78, 5) is 0. The molecule has 0 spiro atoms. The SMILES string of the molecule is CC(B(Br)Br)B(Br)Br. The van der Waals surface area contributed by atoms with Gasteiger partial charge in [0.15, 0.2) is 0 Å². The average Bonchev–Trinajstić information content (AvgIpc) is 1.64. The van der Waals surface area contributed by atoms with Crippen molar-refractivity contribution in [2.75, 3.05) is 0 Å². The van der Waals surface area contributed by atoms with E-state index in [2.05, 4.69) is 70.0 Å². The van der Waals surface area contributed by atoms with E-state index in [1.807, 2.05) is 0 Å². The summed E-state index contributed by atoms with van der Waals surface area (Å²) in [5.74, 6) is 0. The molecule has 0 aromatic carbocycles. The Labute approximate surface area is 83.6 Å². The fraction of sp³-hybridized carbons (Fsp3) is 1.00. The molecule has 0 aliphatic carbocycles. The second-order valence-electron chi connectivity index (χ2n) is 1.53. The molecular formula is C2H4B2Br4. The first-order valence-corrected chi connectivity index (χ1v) is 5.78. The van der Waals surface area contributed by atoms with Crippen LogP contribution in [0.3, 0.4) is 0 Å². The molecule has 0 fully saturated rings. The molecule has 0 saturated carbocycles. The van der Waals surface area contributed by atoms with Gasteiger partial charge >= 0.3 is 0 Å². The smallest absolute Gasteiger partial charge is 0.140 e. The van der Waals surface area contributed by atoms with Crippen molar-refractivity contribution < 1.29 is 0 Å². The summed E-state index contributed by atoms with van der Waals surface area (Å²) in [6.45, 7) is 2.13. The highest BCUT2D eigenvalue weighted by atomic mass is 79.9. The quantitative estimate of drug-likeness (QED) is 0.654. The van der Waals surface area contributed by atoms with Crippen molar-refractivity contribution in [2.24, 2.45) is 0 Å². The number of rotatable bonds is 2. The lowest BCUT2D eigenvalue weighted by molar-refractivity contribution is 1.35. The van der Waals surface area contributed by atoms with Gasteiger partial charge in [-0.25, -0.2) is 0 Å². The molecule has 0 unspecified atom stereocenters. The minimum absolute atomic E-state index is 0.374. The van der Waals surface area contributed by atoms with Crippen LogP contribution in [0.25, 0.3) is 0 Å². The maximum atomic E-state index is 3.40. The van der Waals surface area contributed by atoms with Crippen LogP contribution < -0.4 is 0 Å². The van der Waals surface area contributed by atoms with Crippen LogP contribution in [0.4, 0.5) is 0 Å². The van der Waals surface area contributed by atoms with Gasteiger partial charge < -0.3 is 0 Å². The second-order valence-corrected chi connectivity index (χ2v) is 7.93. The van der Waals surface area contributed by atoms with Gasteiger partial charge in [0.25, 0.3) is 8.72 Å². The van der Waals surface area contributed by atoms with E-state index in [4.69, 9.17) is 0 Å². The van der Waals surface area contributed by atoms with Crippen molar-refractivity contribution in [3.63, 3.8) is 0 Å². The normalized spacial score (nSPS) is 9.75. The van der Waals surface area contributed by atoms with Crippen LogP contribution in [0.1, 0.15) is 6.92 Å². The molecule has 0 aromatic heterocycles. The Morgan fingerprint density at radius 3 is 1.25 bits per heavy atom. The number of hydrogen-bond acceptors (Lipinski definition) is 0. The van der Waals surface area contributed by atoms with Gasteiger partial charge in [-0.05, 0) is 5.72 Å². The molecule has 0 aromatic rings. The highest BCUT2D eigenvalue weighted by Crippen LogP contribution is 2.28. The average molecular weight is 369 g/mol. The maximum Gasteiger partial charge on any atom is 0.296 e. The molecule has 8 heavy (non-hydrogen) atoms. The van der Waals surface area contributed by atoms with E-state index in [9.17, 15) is 0 Å². The zero-order valence-electron chi connectivity index (χ0n) is 4.24. The third-order valence-electron chi connectivity index (χ3n) is 0.795. The molecule has 0 N–H and O–H groups in total. The minimum atomic E-state index is 0.374. The summed E-state index contributed by atoms with van der Waals surface area (Å²) < 4.78 is 0.748. The summed E-state index contributed by atoms with van der Waals surface area (Å²) in [6, 6.07) is 0. The molecule has 0 amide bonds. The predicted octanol–water partition coefficient (Wildman–Crippen LogP) is 3.47. The first-order valence-electron chi connectivity index (χ1n) is 2.12. The summed E-state index contributed by atoms with van der Waals surface area (Å²) in [5, 5.41) is 0. The van der Waals surface area contributed by atoms with Gasteiger partial charge in [0.05, 0.1) is 0 Å². The van der Waals surface area contributed by atoms with Crippen molar-refractivity contribution in [1.82, 2.24) is 0 Å². The number of halogens is 4. The molecule has 0 aliphatic heterocycles. The van der Waals surface area contributed by atoms with Crippen molar-refractivity contribution in [2.45, 2.75) is 12.6 Å². The molecule has 0 heterocycles. The lowest BCUT2D eigenvalue weighted by atomic mass is 9.71. The van der Waals surface area contributed by atoms with E-state index >= 15 is 0 Å². The highest BCUT2D eigenvalue weighted by Gasteiger charge is 2.23. The molecule has 0 atom stereocenters.